The fourth-order valence-electron chi connectivity index (χ4n) is 1.31. The van der Waals surface area contributed by atoms with Crippen LogP contribution in [0.3, 0.4) is 0 Å². The molecule has 0 saturated carbocycles. The summed E-state index contributed by atoms with van der Waals surface area (Å²) >= 11 is 0. The number of nitrogens with zero attached hydrogens (tertiary/aromatic N) is 8. The smallest absolute Gasteiger partial charge is 0.124 e. The molecule has 1 aromatic rings. The lowest BCUT2D eigenvalue weighted by atomic mass is 10.2. The molecular weight excluding hydrogens is 272 g/mol. The molecule has 0 aliphatic rings. The third-order valence-corrected chi connectivity index (χ3v) is 2.26. The van der Waals surface area contributed by atoms with E-state index in [1.807, 2.05) is 6.07 Å². The number of hydrogen-bond donors (Lipinski definition) is 2. The van der Waals surface area contributed by atoms with Gasteiger partial charge in [0.25, 0.3) is 0 Å². The van der Waals surface area contributed by atoms with Crippen LogP contribution in [0.2, 0.25) is 0 Å². The summed E-state index contributed by atoms with van der Waals surface area (Å²) in [4.78, 5) is 10.7. The van der Waals surface area contributed by atoms with Gasteiger partial charge in [-0.05, 0) is 17.7 Å². The molecule has 10 nitrogen and oxygen atoms in total. The molecule has 1 rings (SSSR count). The van der Waals surface area contributed by atoms with E-state index in [0.29, 0.717) is 11.3 Å². The van der Waals surface area contributed by atoms with Crippen molar-refractivity contribution in [1.29, 1.82) is 5.26 Å². The normalized spacial score (nSPS) is 12.0. The van der Waals surface area contributed by atoms with E-state index in [1.54, 1.807) is 18.3 Å². The number of nitrogens with two attached hydrogens (primary N) is 2. The third-order valence-electron chi connectivity index (χ3n) is 2.26. The van der Waals surface area contributed by atoms with Crippen molar-refractivity contribution in [2.45, 2.75) is 6.54 Å². The van der Waals surface area contributed by atoms with Gasteiger partial charge >= 0.3 is 0 Å². The Bertz CT molecular complexity index is 660. The summed E-state index contributed by atoms with van der Waals surface area (Å²) in [5.41, 5.74) is 15.2. The van der Waals surface area contributed by atoms with Crippen LogP contribution in [0, 0.1) is 11.3 Å². The summed E-state index contributed by atoms with van der Waals surface area (Å²) in [6.07, 6.45) is 2.90. The number of pyridine rings is 1. The summed E-state index contributed by atoms with van der Waals surface area (Å²) in [5.74, 6) is 4.97. The van der Waals surface area contributed by atoms with E-state index in [2.05, 4.69) is 30.3 Å². The van der Waals surface area contributed by atoms with Crippen molar-refractivity contribution in [3.63, 3.8) is 0 Å². The topological polar surface area (TPSA) is 175 Å². The lowest BCUT2D eigenvalue weighted by molar-refractivity contribution is 0.967. The molecule has 0 aliphatic heterocycles. The summed E-state index contributed by atoms with van der Waals surface area (Å²) in [6.45, 7) is 0.0893. The zero-order chi connectivity index (χ0) is 15.5. The monoisotopic (exact) mass is 284 g/mol. The van der Waals surface area contributed by atoms with Crippen molar-refractivity contribution in [2.24, 2.45) is 32.0 Å². The minimum atomic E-state index is -0.0795. The molecule has 1 heterocycles. The van der Waals surface area contributed by atoms with E-state index in [9.17, 15) is 0 Å². The van der Waals surface area contributed by atoms with Crippen LogP contribution in [-0.4, -0.2) is 17.7 Å². The highest BCUT2D eigenvalue weighted by atomic mass is 15.3. The van der Waals surface area contributed by atoms with Crippen molar-refractivity contribution in [3.05, 3.63) is 51.4 Å². The van der Waals surface area contributed by atoms with Gasteiger partial charge in [0, 0.05) is 16.8 Å². The van der Waals surface area contributed by atoms with Crippen molar-refractivity contribution in [2.75, 3.05) is 6.54 Å². The predicted molar refractivity (Wildman–Crippen MR) is 75.4 cm³/mol. The fourth-order valence-corrected chi connectivity index (χ4v) is 1.31. The van der Waals surface area contributed by atoms with Gasteiger partial charge in [-0.2, -0.15) is 5.26 Å². The molecule has 10 heteroatoms. The second-order valence-corrected chi connectivity index (χ2v) is 3.59. The molecule has 0 fully saturated rings. The Balaban J connectivity index is 2.90. The largest absolute Gasteiger partial charge is 0.400 e. The lowest BCUT2D eigenvalue weighted by Gasteiger charge is -2.00. The number of hydrogen-bond acceptors (Lipinski definition) is 7. The molecule has 0 radical (unpaired) electrons. The first-order valence-electron chi connectivity index (χ1n) is 5.67. The van der Waals surface area contributed by atoms with Crippen LogP contribution in [0.5, 0.6) is 0 Å². The molecule has 21 heavy (non-hydrogen) atoms. The Labute approximate surface area is 120 Å². The van der Waals surface area contributed by atoms with Crippen LogP contribution < -0.4 is 11.6 Å². The molecule has 0 amide bonds. The van der Waals surface area contributed by atoms with Gasteiger partial charge < -0.3 is 11.6 Å². The number of aliphatic imine (C=N–C) groups is 1. The van der Waals surface area contributed by atoms with Crippen LogP contribution in [0.25, 0.3) is 10.4 Å². The first-order chi connectivity index (χ1) is 10.2. The molecule has 4 N–H and O–H groups in total. The maximum atomic E-state index is 8.93. The van der Waals surface area contributed by atoms with E-state index >= 15 is 0 Å². The van der Waals surface area contributed by atoms with Crippen LogP contribution in [0.15, 0.2) is 50.2 Å². The molecular formula is C11H12N10. The van der Waals surface area contributed by atoms with Gasteiger partial charge in [0.15, 0.2) is 0 Å². The molecule has 0 spiro atoms. The molecule has 0 aliphatic carbocycles. The molecule has 0 unspecified atom stereocenters. The van der Waals surface area contributed by atoms with Gasteiger partial charge in [-0.3, -0.25) is 9.98 Å². The minimum Gasteiger partial charge on any atom is -0.400 e. The highest BCUT2D eigenvalue weighted by Gasteiger charge is 2.02. The third kappa shape index (κ3) is 4.98. The van der Waals surface area contributed by atoms with Gasteiger partial charge in [-0.1, -0.05) is 10.3 Å². The van der Waals surface area contributed by atoms with Gasteiger partial charge in [0.2, 0.25) is 0 Å². The predicted octanol–water partition coefficient (Wildman–Crippen LogP) is 1.33. The average molecular weight is 284 g/mol. The maximum absolute atomic E-state index is 8.93. The summed E-state index contributed by atoms with van der Waals surface area (Å²) < 4.78 is 0. The van der Waals surface area contributed by atoms with Crippen molar-refractivity contribution in [1.82, 2.24) is 4.98 Å². The molecule has 106 valence electrons. The Kier molecular flexibility index (Phi) is 6.41. The Morgan fingerprint density at radius 2 is 2.38 bits per heavy atom. The summed E-state index contributed by atoms with van der Waals surface area (Å²) in [5, 5.41) is 18.9. The molecule has 0 saturated heterocycles. The molecule has 0 aromatic carbocycles. The van der Waals surface area contributed by atoms with Crippen molar-refractivity contribution >= 4 is 6.21 Å². The number of nitriles is 1. The number of allylic oxidation sites excluding steroid dienone is 1. The first kappa shape index (κ1) is 15.6. The van der Waals surface area contributed by atoms with E-state index in [4.69, 9.17) is 22.4 Å². The second kappa shape index (κ2) is 8.63. The van der Waals surface area contributed by atoms with E-state index in [0.717, 1.165) is 0 Å². The van der Waals surface area contributed by atoms with Gasteiger partial charge in [-0.25, -0.2) is 0 Å². The van der Waals surface area contributed by atoms with Crippen LogP contribution >= 0.6 is 0 Å². The van der Waals surface area contributed by atoms with Crippen LogP contribution in [0.1, 0.15) is 11.3 Å². The van der Waals surface area contributed by atoms with E-state index < -0.39 is 0 Å². The Morgan fingerprint density at radius 1 is 1.57 bits per heavy atom. The van der Waals surface area contributed by atoms with E-state index in [1.165, 1.54) is 6.21 Å². The summed E-state index contributed by atoms with van der Waals surface area (Å²) in [7, 11) is 0. The zero-order valence-electron chi connectivity index (χ0n) is 11.0. The second-order valence-electron chi connectivity index (χ2n) is 3.59. The Morgan fingerprint density at radius 3 is 3.05 bits per heavy atom. The van der Waals surface area contributed by atoms with Crippen molar-refractivity contribution < 1.29 is 0 Å². The van der Waals surface area contributed by atoms with Gasteiger partial charge in [0.05, 0.1) is 30.6 Å². The lowest BCUT2D eigenvalue weighted by Crippen LogP contribution is -2.06. The highest BCUT2D eigenvalue weighted by molar-refractivity contribution is 5.78. The maximum Gasteiger partial charge on any atom is 0.124 e. The van der Waals surface area contributed by atoms with Crippen molar-refractivity contribution in [3.8, 4) is 6.07 Å². The highest BCUT2D eigenvalue weighted by Crippen LogP contribution is 2.06. The Hall–Kier alpha value is -3.44. The molecule has 0 bridgehead atoms. The number of rotatable bonds is 6. The van der Waals surface area contributed by atoms with Crippen LogP contribution in [-0.2, 0) is 6.54 Å². The SMILES string of the molecule is N#Cc1cccnc1CN=CC(N=NN)=C(N)CN=[N+]=[N-]. The number of aromatic nitrogens is 1. The molecule has 1 aromatic heterocycles. The van der Waals surface area contributed by atoms with E-state index in [-0.39, 0.29) is 24.5 Å². The number of azide groups is 1. The van der Waals surface area contributed by atoms with Crippen LogP contribution in [0.4, 0.5) is 0 Å². The first-order valence-corrected chi connectivity index (χ1v) is 5.67. The average Bonchev–Trinajstić information content (AvgIpc) is 2.52. The van der Waals surface area contributed by atoms with Gasteiger partial charge in [0.1, 0.15) is 11.8 Å². The summed E-state index contributed by atoms with van der Waals surface area (Å²) in [6, 6.07) is 5.33. The molecule has 0 atom stereocenters. The van der Waals surface area contributed by atoms with Gasteiger partial charge in [-0.15, -0.1) is 5.11 Å². The quantitative estimate of drug-likeness (QED) is 0.200. The minimum absolute atomic E-state index is 0.0795. The zero-order valence-corrected chi connectivity index (χ0v) is 11.0. The fraction of sp³-hybridized carbons (Fsp3) is 0.182. The standard InChI is InChI=1S/C11H12N10/c12-4-8-2-1-3-17-10(8)6-16-7-11(19-21-15)9(13)5-18-20-14/h1-3,7H,5-6,13H2,(H2,15,19).